The summed E-state index contributed by atoms with van der Waals surface area (Å²) in [4.78, 5) is 32.9. The number of nitrogens with zero attached hydrogens (tertiary/aromatic N) is 1. The third kappa shape index (κ3) is 3.11. The first-order valence-electron chi connectivity index (χ1n) is 6.54. The zero-order chi connectivity index (χ0) is 16.4. The Labute approximate surface area is 134 Å². The summed E-state index contributed by atoms with van der Waals surface area (Å²) < 4.78 is 10.7. The normalized spacial score (nSPS) is 11.2. The maximum Gasteiger partial charge on any atom is 0.253 e. The summed E-state index contributed by atoms with van der Waals surface area (Å²) >= 11 is 4.86. The van der Waals surface area contributed by atoms with E-state index in [1.54, 1.807) is 18.2 Å². The number of methoxy groups -OCH3 is 1. The molecule has 8 heteroatoms. The van der Waals surface area contributed by atoms with Crippen molar-refractivity contribution in [3.8, 4) is 5.75 Å². The topological polar surface area (TPSA) is 100 Å². The number of hydrogen-bond acceptors (Lipinski definition) is 6. The molecular weight excluding hydrogens is 318 g/mol. The Morgan fingerprint density at radius 2 is 2.09 bits per heavy atom. The Hall–Kier alpha value is -3.00. The summed E-state index contributed by atoms with van der Waals surface area (Å²) in [6.45, 7) is 0. The highest BCUT2D eigenvalue weighted by atomic mass is 32.1. The molecule has 116 valence electrons. The second-order valence-corrected chi connectivity index (χ2v) is 5.02. The third-order valence-corrected chi connectivity index (χ3v) is 3.30. The van der Waals surface area contributed by atoms with Crippen LogP contribution < -0.4 is 15.7 Å². The van der Waals surface area contributed by atoms with Crippen LogP contribution in [0.2, 0.25) is 0 Å². The van der Waals surface area contributed by atoms with Gasteiger partial charge in [0.05, 0.1) is 18.1 Å². The zero-order valence-electron chi connectivity index (χ0n) is 12.0. The summed E-state index contributed by atoms with van der Waals surface area (Å²) in [7, 11) is 1.52. The highest BCUT2D eigenvalue weighted by Gasteiger charge is 2.06. The molecule has 0 saturated heterocycles. The molecule has 0 aliphatic heterocycles. The highest BCUT2D eigenvalue weighted by molar-refractivity contribution is 7.71. The van der Waals surface area contributed by atoms with Gasteiger partial charge in [-0.05, 0) is 30.4 Å². The van der Waals surface area contributed by atoms with Gasteiger partial charge < -0.3 is 14.1 Å². The summed E-state index contributed by atoms with van der Waals surface area (Å²) in [6, 6.07) is 6.19. The lowest BCUT2D eigenvalue weighted by atomic mass is 10.2. The molecule has 0 aliphatic carbocycles. The molecule has 0 aliphatic rings. The second kappa shape index (κ2) is 6.01. The minimum Gasteiger partial charge on any atom is -0.497 e. The number of aromatic nitrogens is 2. The average Bonchev–Trinajstić information content (AvgIpc) is 2.53. The van der Waals surface area contributed by atoms with Crippen LogP contribution in [0.3, 0.4) is 0 Å². The number of ether oxygens (including phenoxy) is 1. The smallest absolute Gasteiger partial charge is 0.253 e. The fourth-order valence-electron chi connectivity index (χ4n) is 2.01. The number of hydrogen-bond donors (Lipinski definition) is 2. The van der Waals surface area contributed by atoms with Crippen molar-refractivity contribution >= 4 is 35.2 Å². The molecule has 0 atom stereocenters. The van der Waals surface area contributed by atoms with Gasteiger partial charge >= 0.3 is 0 Å². The third-order valence-electron chi connectivity index (χ3n) is 3.10. The molecule has 0 radical (unpaired) electrons. The van der Waals surface area contributed by atoms with Crippen LogP contribution in [0.5, 0.6) is 5.75 Å². The lowest BCUT2D eigenvalue weighted by Crippen LogP contribution is -2.08. The van der Waals surface area contributed by atoms with Gasteiger partial charge in [-0.2, -0.15) is 0 Å². The first kappa shape index (κ1) is 14.9. The SMILES string of the molecule is COc1ccc2occ(/C=N/c3cc(=O)[nH]c(=S)[nH]3)c(=O)c2c1. The molecule has 0 amide bonds. The second-order valence-electron chi connectivity index (χ2n) is 4.61. The van der Waals surface area contributed by atoms with E-state index < -0.39 is 0 Å². The van der Waals surface area contributed by atoms with Crippen molar-refractivity contribution in [1.29, 1.82) is 0 Å². The van der Waals surface area contributed by atoms with E-state index in [-0.39, 0.29) is 27.1 Å². The molecule has 23 heavy (non-hydrogen) atoms. The van der Waals surface area contributed by atoms with Crippen LogP contribution in [0.15, 0.2) is 49.5 Å². The molecule has 0 unspecified atom stereocenters. The minimum atomic E-state index is -0.379. The molecule has 2 heterocycles. The summed E-state index contributed by atoms with van der Waals surface area (Å²) in [5.41, 5.74) is 0.0578. The van der Waals surface area contributed by atoms with Gasteiger partial charge in [0, 0.05) is 12.3 Å². The Kier molecular flexibility index (Phi) is 3.90. The van der Waals surface area contributed by atoms with Crippen molar-refractivity contribution in [2.45, 2.75) is 0 Å². The molecule has 3 rings (SSSR count). The van der Waals surface area contributed by atoms with Crippen molar-refractivity contribution in [2.24, 2.45) is 4.99 Å². The highest BCUT2D eigenvalue weighted by Crippen LogP contribution is 2.18. The van der Waals surface area contributed by atoms with Gasteiger partial charge in [0.25, 0.3) is 5.56 Å². The van der Waals surface area contributed by atoms with Crippen LogP contribution in [-0.4, -0.2) is 23.3 Å². The number of rotatable bonds is 3. The van der Waals surface area contributed by atoms with Crippen molar-refractivity contribution < 1.29 is 9.15 Å². The molecule has 0 saturated carbocycles. The fourth-order valence-corrected chi connectivity index (χ4v) is 2.21. The van der Waals surface area contributed by atoms with E-state index in [0.717, 1.165) is 0 Å². The predicted molar refractivity (Wildman–Crippen MR) is 88.5 cm³/mol. The number of aliphatic imine (C=N–C) groups is 1. The Morgan fingerprint density at radius 3 is 2.83 bits per heavy atom. The number of H-pyrrole nitrogens is 2. The van der Waals surface area contributed by atoms with Crippen LogP contribution in [0, 0.1) is 4.77 Å². The van der Waals surface area contributed by atoms with E-state index >= 15 is 0 Å². The molecule has 2 aromatic heterocycles. The molecule has 0 bridgehead atoms. The first-order valence-corrected chi connectivity index (χ1v) is 6.95. The molecule has 0 spiro atoms. The van der Waals surface area contributed by atoms with Gasteiger partial charge in [-0.25, -0.2) is 4.99 Å². The zero-order valence-corrected chi connectivity index (χ0v) is 12.8. The van der Waals surface area contributed by atoms with Crippen molar-refractivity contribution in [3.63, 3.8) is 0 Å². The summed E-state index contributed by atoms with van der Waals surface area (Å²) in [5.74, 6) is 0.793. The molecule has 7 nitrogen and oxygen atoms in total. The van der Waals surface area contributed by atoms with Crippen LogP contribution in [0.25, 0.3) is 11.0 Å². The molecular formula is C15H11N3O4S. The number of benzene rings is 1. The molecule has 3 aromatic rings. The van der Waals surface area contributed by atoms with Crippen LogP contribution in [-0.2, 0) is 0 Å². The lowest BCUT2D eigenvalue weighted by molar-refractivity contribution is 0.415. The van der Waals surface area contributed by atoms with Gasteiger partial charge in [0.15, 0.2) is 4.77 Å². The average molecular weight is 329 g/mol. The Bertz CT molecular complexity index is 1050. The maximum atomic E-state index is 12.4. The van der Waals surface area contributed by atoms with Gasteiger partial charge in [-0.3, -0.25) is 14.6 Å². The van der Waals surface area contributed by atoms with Gasteiger partial charge in [-0.1, -0.05) is 0 Å². The van der Waals surface area contributed by atoms with Crippen LogP contribution in [0.1, 0.15) is 5.56 Å². The number of aromatic amines is 2. The predicted octanol–water partition coefficient (Wildman–Crippen LogP) is 2.30. The van der Waals surface area contributed by atoms with E-state index in [9.17, 15) is 9.59 Å². The quantitative estimate of drug-likeness (QED) is 0.567. The largest absolute Gasteiger partial charge is 0.497 e. The first-order chi connectivity index (χ1) is 11.1. The van der Waals surface area contributed by atoms with E-state index in [0.29, 0.717) is 16.7 Å². The Morgan fingerprint density at radius 1 is 1.26 bits per heavy atom. The lowest BCUT2D eigenvalue weighted by Gasteiger charge is -2.02. The fraction of sp³-hybridized carbons (Fsp3) is 0.0667. The van der Waals surface area contributed by atoms with E-state index in [1.807, 2.05) is 0 Å². The molecule has 1 aromatic carbocycles. The standard InChI is InChI=1S/C15H11N3O4S/c1-21-9-2-3-11-10(4-9)14(20)8(7-22-11)6-16-12-5-13(19)18-15(23)17-12/h2-7H,1H3,(H2,17,18,19,23)/b16-6+. The van der Waals surface area contributed by atoms with E-state index in [1.165, 1.54) is 25.7 Å². The Balaban J connectivity index is 2.07. The monoisotopic (exact) mass is 329 g/mol. The molecule has 2 N–H and O–H groups in total. The minimum absolute atomic E-state index is 0.153. The van der Waals surface area contributed by atoms with Crippen molar-refractivity contribution in [3.05, 3.63) is 61.4 Å². The van der Waals surface area contributed by atoms with Gasteiger partial charge in [0.2, 0.25) is 5.43 Å². The molecule has 0 fully saturated rings. The summed E-state index contributed by atoms with van der Waals surface area (Å²) in [6.07, 6.45) is 2.62. The van der Waals surface area contributed by atoms with Crippen LogP contribution >= 0.6 is 12.2 Å². The number of nitrogens with one attached hydrogen (secondary N) is 2. The maximum absolute atomic E-state index is 12.4. The van der Waals surface area contributed by atoms with Crippen molar-refractivity contribution in [1.82, 2.24) is 9.97 Å². The van der Waals surface area contributed by atoms with Gasteiger partial charge in [-0.15, -0.1) is 0 Å². The summed E-state index contributed by atoms with van der Waals surface area (Å²) in [5, 5.41) is 0.382. The van der Waals surface area contributed by atoms with Crippen molar-refractivity contribution in [2.75, 3.05) is 7.11 Å². The van der Waals surface area contributed by atoms with E-state index in [2.05, 4.69) is 15.0 Å². The van der Waals surface area contributed by atoms with Crippen LogP contribution in [0.4, 0.5) is 5.82 Å². The van der Waals surface area contributed by atoms with E-state index in [4.69, 9.17) is 21.4 Å². The van der Waals surface area contributed by atoms with Gasteiger partial charge in [0.1, 0.15) is 23.4 Å². The number of fused-ring (bicyclic) bond motifs is 1.